The molecule has 0 amide bonds. The van der Waals surface area contributed by atoms with Gasteiger partial charge < -0.3 is 14.6 Å². The van der Waals surface area contributed by atoms with E-state index in [-0.39, 0.29) is 18.2 Å². The zero-order chi connectivity index (χ0) is 19.1. The molecule has 5 rings (SSSR count). The first kappa shape index (κ1) is 17.2. The second-order valence-electron chi connectivity index (χ2n) is 7.41. The molecule has 1 N–H and O–H groups in total. The third-order valence-electron chi connectivity index (χ3n) is 5.80. The Morgan fingerprint density at radius 3 is 2.86 bits per heavy atom. The van der Waals surface area contributed by atoms with Gasteiger partial charge >= 0.3 is 0 Å². The highest BCUT2D eigenvalue weighted by atomic mass is 16.5. The molecule has 2 heterocycles. The standard InChI is InChI=1S/C23H22N2O3/c26-20-9-8-16-15(20)5-3-7-22(16)28-14-21(27)23-17-4-1-2-6-18(17)25-13-12-24-11-10-19(23)25/h1-7,24H,8-14H2. The minimum Gasteiger partial charge on any atom is -0.485 e. The molecular weight excluding hydrogens is 352 g/mol. The zero-order valence-corrected chi connectivity index (χ0v) is 15.7. The minimum absolute atomic E-state index is 0.00576. The molecule has 142 valence electrons. The number of carbonyl (C=O) groups is 2. The first-order valence-corrected chi connectivity index (χ1v) is 9.86. The van der Waals surface area contributed by atoms with Crippen molar-refractivity contribution in [3.05, 3.63) is 64.8 Å². The van der Waals surface area contributed by atoms with Crippen molar-refractivity contribution in [3.8, 4) is 5.75 Å². The van der Waals surface area contributed by atoms with Gasteiger partial charge in [0, 0.05) is 60.2 Å². The first-order valence-electron chi connectivity index (χ1n) is 9.86. The smallest absolute Gasteiger partial charge is 0.202 e. The molecule has 0 atom stereocenters. The number of ketones is 2. The Kier molecular flexibility index (Phi) is 4.24. The number of hydrogen-bond acceptors (Lipinski definition) is 4. The molecule has 1 aliphatic carbocycles. The predicted molar refractivity (Wildman–Crippen MR) is 107 cm³/mol. The Labute approximate surface area is 163 Å². The number of Topliss-reactive ketones (excluding diaryl/α,β-unsaturated/α-hetero) is 2. The van der Waals surface area contributed by atoms with E-state index in [9.17, 15) is 9.59 Å². The normalized spacial score (nSPS) is 15.9. The van der Waals surface area contributed by atoms with Crippen LogP contribution < -0.4 is 10.1 Å². The fraction of sp³-hybridized carbons (Fsp3) is 0.304. The molecular formula is C23H22N2O3. The molecule has 0 bridgehead atoms. The van der Waals surface area contributed by atoms with Gasteiger partial charge in [-0.15, -0.1) is 0 Å². The van der Waals surface area contributed by atoms with Gasteiger partial charge in [0.1, 0.15) is 5.75 Å². The van der Waals surface area contributed by atoms with Gasteiger partial charge in [0.05, 0.1) is 5.56 Å². The van der Waals surface area contributed by atoms with E-state index < -0.39 is 0 Å². The third-order valence-corrected chi connectivity index (χ3v) is 5.80. The van der Waals surface area contributed by atoms with E-state index in [1.54, 1.807) is 0 Å². The number of rotatable bonds is 4. The van der Waals surface area contributed by atoms with Crippen molar-refractivity contribution in [1.29, 1.82) is 0 Å². The Hall–Kier alpha value is -2.92. The van der Waals surface area contributed by atoms with Crippen LogP contribution in [0.4, 0.5) is 0 Å². The SMILES string of the molecule is O=C1CCc2c(OCC(=O)c3c4n(c5ccccc35)CCNCC4)cccc21. The molecule has 28 heavy (non-hydrogen) atoms. The molecule has 1 aromatic heterocycles. The van der Waals surface area contributed by atoms with Crippen LogP contribution in [0.1, 0.15) is 38.4 Å². The number of carbonyl (C=O) groups excluding carboxylic acids is 2. The second kappa shape index (κ2) is 6.91. The molecule has 5 heteroatoms. The summed E-state index contributed by atoms with van der Waals surface area (Å²) in [7, 11) is 0. The highest BCUT2D eigenvalue weighted by Gasteiger charge is 2.25. The lowest BCUT2D eigenvalue weighted by Gasteiger charge is -2.11. The molecule has 0 unspecified atom stereocenters. The monoisotopic (exact) mass is 374 g/mol. The van der Waals surface area contributed by atoms with Crippen LogP contribution in [0.3, 0.4) is 0 Å². The molecule has 0 saturated carbocycles. The molecule has 1 aliphatic heterocycles. The van der Waals surface area contributed by atoms with Crippen LogP contribution in [0.25, 0.3) is 10.9 Å². The van der Waals surface area contributed by atoms with Gasteiger partial charge in [-0.1, -0.05) is 30.3 Å². The predicted octanol–water partition coefficient (Wildman–Crippen LogP) is 3.18. The minimum atomic E-state index is -0.0148. The number of hydrogen-bond donors (Lipinski definition) is 1. The summed E-state index contributed by atoms with van der Waals surface area (Å²) in [4.78, 5) is 25.2. The van der Waals surface area contributed by atoms with Crippen LogP contribution in [-0.2, 0) is 19.4 Å². The van der Waals surface area contributed by atoms with Crippen LogP contribution in [0.5, 0.6) is 5.75 Å². The maximum Gasteiger partial charge on any atom is 0.202 e. The van der Waals surface area contributed by atoms with Gasteiger partial charge in [-0.05, 0) is 18.6 Å². The van der Waals surface area contributed by atoms with Gasteiger partial charge in [0.2, 0.25) is 5.78 Å². The van der Waals surface area contributed by atoms with E-state index in [2.05, 4.69) is 16.0 Å². The van der Waals surface area contributed by atoms with Crippen LogP contribution in [0.2, 0.25) is 0 Å². The molecule has 0 saturated heterocycles. The number of nitrogens with one attached hydrogen (secondary N) is 1. The summed E-state index contributed by atoms with van der Waals surface area (Å²) in [5.74, 6) is 0.810. The molecule has 2 aromatic carbocycles. The molecule has 5 nitrogen and oxygen atoms in total. The van der Waals surface area contributed by atoms with Crippen LogP contribution >= 0.6 is 0 Å². The highest BCUT2D eigenvalue weighted by Crippen LogP contribution is 2.32. The van der Waals surface area contributed by atoms with Crippen molar-refractivity contribution in [2.75, 3.05) is 19.7 Å². The average molecular weight is 374 g/mol. The summed E-state index contributed by atoms with van der Waals surface area (Å²) >= 11 is 0. The number of nitrogens with zero attached hydrogens (tertiary/aromatic N) is 1. The van der Waals surface area contributed by atoms with Crippen LogP contribution in [-0.4, -0.2) is 35.8 Å². The summed E-state index contributed by atoms with van der Waals surface area (Å²) in [5.41, 5.74) is 4.65. The van der Waals surface area contributed by atoms with Crippen molar-refractivity contribution in [1.82, 2.24) is 9.88 Å². The van der Waals surface area contributed by atoms with E-state index in [4.69, 9.17) is 4.74 Å². The summed E-state index contributed by atoms with van der Waals surface area (Å²) in [5, 5.41) is 4.41. The quantitative estimate of drug-likeness (QED) is 0.713. The summed E-state index contributed by atoms with van der Waals surface area (Å²) in [6, 6.07) is 13.6. The van der Waals surface area contributed by atoms with Gasteiger partial charge in [-0.3, -0.25) is 9.59 Å². The fourth-order valence-electron chi connectivity index (χ4n) is 4.51. The van der Waals surface area contributed by atoms with E-state index >= 15 is 0 Å². The van der Waals surface area contributed by atoms with Crippen molar-refractivity contribution >= 4 is 22.5 Å². The molecule has 0 fully saturated rings. The maximum atomic E-state index is 13.2. The Bertz CT molecular complexity index is 1100. The van der Waals surface area contributed by atoms with E-state index in [0.717, 1.165) is 59.3 Å². The topological polar surface area (TPSA) is 60.3 Å². The summed E-state index contributed by atoms with van der Waals surface area (Å²) in [6.45, 7) is 2.61. The van der Waals surface area contributed by atoms with Gasteiger partial charge in [-0.2, -0.15) is 0 Å². The Balaban J connectivity index is 1.48. The molecule has 0 radical (unpaired) electrons. The molecule has 2 aliphatic rings. The van der Waals surface area contributed by atoms with Crippen LogP contribution in [0.15, 0.2) is 42.5 Å². The lowest BCUT2D eigenvalue weighted by atomic mass is 10.0. The van der Waals surface area contributed by atoms with E-state index in [1.807, 2.05) is 36.4 Å². The maximum absolute atomic E-state index is 13.2. The average Bonchev–Trinajstić information content (AvgIpc) is 3.14. The number of para-hydroxylation sites is 1. The van der Waals surface area contributed by atoms with Gasteiger partial charge in [0.15, 0.2) is 12.4 Å². The Morgan fingerprint density at radius 1 is 1.04 bits per heavy atom. The van der Waals surface area contributed by atoms with E-state index in [1.165, 1.54) is 0 Å². The van der Waals surface area contributed by atoms with Gasteiger partial charge in [-0.25, -0.2) is 0 Å². The lowest BCUT2D eigenvalue weighted by molar-refractivity contribution is 0.0921. The highest BCUT2D eigenvalue weighted by molar-refractivity contribution is 6.10. The number of fused-ring (bicyclic) bond motifs is 4. The van der Waals surface area contributed by atoms with Crippen molar-refractivity contribution in [3.63, 3.8) is 0 Å². The summed E-state index contributed by atoms with van der Waals surface area (Å²) in [6.07, 6.45) is 2.04. The number of benzene rings is 2. The van der Waals surface area contributed by atoms with Crippen molar-refractivity contribution < 1.29 is 14.3 Å². The molecule has 0 spiro atoms. The van der Waals surface area contributed by atoms with Gasteiger partial charge in [0.25, 0.3) is 0 Å². The van der Waals surface area contributed by atoms with E-state index in [0.29, 0.717) is 18.6 Å². The van der Waals surface area contributed by atoms with Crippen LogP contribution in [0, 0.1) is 0 Å². The molecule has 3 aromatic rings. The first-order chi connectivity index (χ1) is 13.7. The van der Waals surface area contributed by atoms with Crippen molar-refractivity contribution in [2.24, 2.45) is 0 Å². The number of ether oxygens (including phenoxy) is 1. The van der Waals surface area contributed by atoms with Crippen molar-refractivity contribution in [2.45, 2.75) is 25.8 Å². The fourth-order valence-corrected chi connectivity index (χ4v) is 4.51. The largest absolute Gasteiger partial charge is 0.485 e. The third kappa shape index (κ3) is 2.74. The summed E-state index contributed by atoms with van der Waals surface area (Å²) < 4.78 is 8.19. The zero-order valence-electron chi connectivity index (χ0n) is 15.7. The number of aromatic nitrogens is 1. The Morgan fingerprint density at radius 2 is 1.93 bits per heavy atom. The second-order valence-corrected chi connectivity index (χ2v) is 7.41. The lowest BCUT2D eigenvalue weighted by Crippen LogP contribution is -2.18.